The molecular weight excluding hydrogens is 206 g/mol. The maximum Gasteiger partial charge on any atom is 0.258 e. The molecular formula is C12H15NO3. The summed E-state index contributed by atoms with van der Waals surface area (Å²) in [5.74, 6) is 0.163. The Morgan fingerprint density at radius 1 is 1.62 bits per heavy atom. The Morgan fingerprint density at radius 3 is 3.06 bits per heavy atom. The Balaban J connectivity index is 2.26. The summed E-state index contributed by atoms with van der Waals surface area (Å²) in [5, 5.41) is 9.70. The van der Waals surface area contributed by atoms with Gasteiger partial charge in [0.05, 0.1) is 6.10 Å². The molecule has 4 nitrogen and oxygen atoms in total. The molecule has 1 aromatic carbocycles. The van der Waals surface area contributed by atoms with Gasteiger partial charge >= 0.3 is 0 Å². The Bertz CT molecular complexity index is 417. The monoisotopic (exact) mass is 221 g/mol. The van der Waals surface area contributed by atoms with Gasteiger partial charge < -0.3 is 15.6 Å². The molecule has 3 N–H and O–H groups in total. The van der Waals surface area contributed by atoms with Gasteiger partial charge in [-0.15, -0.1) is 0 Å². The third kappa shape index (κ3) is 1.88. The van der Waals surface area contributed by atoms with Crippen molar-refractivity contribution in [2.24, 2.45) is 5.73 Å². The normalized spacial score (nSPS) is 20.2. The van der Waals surface area contributed by atoms with Gasteiger partial charge in [-0.25, -0.2) is 0 Å². The Morgan fingerprint density at radius 2 is 2.38 bits per heavy atom. The van der Waals surface area contributed by atoms with Crippen LogP contribution < -0.4 is 10.5 Å². The van der Waals surface area contributed by atoms with E-state index in [1.165, 1.54) is 0 Å². The van der Waals surface area contributed by atoms with E-state index in [0.29, 0.717) is 12.2 Å². The number of rotatable bonds is 3. The van der Waals surface area contributed by atoms with Crippen LogP contribution >= 0.6 is 0 Å². The molecule has 0 saturated heterocycles. The molecule has 1 aromatic rings. The largest absolute Gasteiger partial charge is 0.481 e. The van der Waals surface area contributed by atoms with Crippen LogP contribution in [0.15, 0.2) is 18.2 Å². The molecule has 16 heavy (non-hydrogen) atoms. The number of aliphatic hydroxyl groups is 1. The lowest BCUT2D eigenvalue weighted by molar-refractivity contribution is -0.123. The van der Waals surface area contributed by atoms with E-state index in [4.69, 9.17) is 10.5 Å². The van der Waals surface area contributed by atoms with Crippen molar-refractivity contribution >= 4 is 5.91 Å². The van der Waals surface area contributed by atoms with E-state index >= 15 is 0 Å². The lowest BCUT2D eigenvalue weighted by Gasteiger charge is -2.14. The first kappa shape index (κ1) is 11.0. The highest BCUT2D eigenvalue weighted by Crippen LogP contribution is 2.36. The van der Waals surface area contributed by atoms with E-state index in [1.54, 1.807) is 13.0 Å². The van der Waals surface area contributed by atoms with E-state index in [0.717, 1.165) is 17.5 Å². The van der Waals surface area contributed by atoms with Crippen molar-refractivity contribution in [3.63, 3.8) is 0 Å². The highest BCUT2D eigenvalue weighted by Gasteiger charge is 2.24. The van der Waals surface area contributed by atoms with Crippen molar-refractivity contribution in [3.8, 4) is 5.75 Å². The Labute approximate surface area is 94.0 Å². The minimum atomic E-state index is -0.649. The lowest BCUT2D eigenvalue weighted by atomic mass is 10.1. The first-order valence-electron chi connectivity index (χ1n) is 5.35. The minimum absolute atomic E-state index is 0.414. The summed E-state index contributed by atoms with van der Waals surface area (Å²) in [6.45, 7) is 1.62. The van der Waals surface area contributed by atoms with Crippen LogP contribution in [-0.4, -0.2) is 17.1 Å². The molecule has 2 unspecified atom stereocenters. The fourth-order valence-corrected chi connectivity index (χ4v) is 1.96. The highest BCUT2D eigenvalue weighted by atomic mass is 16.5. The summed E-state index contributed by atoms with van der Waals surface area (Å²) in [6, 6.07) is 5.50. The average Bonchev–Trinajstić information content (AvgIpc) is 2.62. The van der Waals surface area contributed by atoms with E-state index in [-0.39, 0.29) is 0 Å². The van der Waals surface area contributed by atoms with Crippen LogP contribution in [-0.2, 0) is 11.2 Å². The second kappa shape index (κ2) is 4.14. The van der Waals surface area contributed by atoms with Gasteiger partial charge in [-0.1, -0.05) is 12.1 Å². The first-order valence-corrected chi connectivity index (χ1v) is 5.35. The van der Waals surface area contributed by atoms with E-state index in [9.17, 15) is 9.90 Å². The smallest absolute Gasteiger partial charge is 0.258 e. The van der Waals surface area contributed by atoms with Gasteiger partial charge in [0.15, 0.2) is 6.10 Å². The highest BCUT2D eigenvalue weighted by molar-refractivity contribution is 5.78. The molecule has 0 fully saturated rings. The SMILES string of the molecule is CC(Oc1cccc2c1CCC2O)C(N)=O. The Kier molecular flexibility index (Phi) is 2.83. The summed E-state index contributed by atoms with van der Waals surface area (Å²) in [4.78, 5) is 10.9. The van der Waals surface area contributed by atoms with Crippen molar-refractivity contribution in [3.05, 3.63) is 29.3 Å². The maximum atomic E-state index is 10.9. The molecule has 0 aliphatic heterocycles. The van der Waals surface area contributed by atoms with E-state index < -0.39 is 18.1 Å². The van der Waals surface area contributed by atoms with Crippen molar-refractivity contribution < 1.29 is 14.6 Å². The summed E-state index contributed by atoms with van der Waals surface area (Å²) in [6.07, 6.45) is 0.422. The molecule has 0 spiro atoms. The molecule has 0 bridgehead atoms. The fraction of sp³-hybridized carbons (Fsp3) is 0.417. The van der Waals surface area contributed by atoms with Crippen molar-refractivity contribution in [1.82, 2.24) is 0 Å². The van der Waals surface area contributed by atoms with Crippen molar-refractivity contribution in [1.29, 1.82) is 0 Å². The molecule has 2 atom stereocenters. The molecule has 0 radical (unpaired) electrons. The second-order valence-corrected chi connectivity index (χ2v) is 4.04. The lowest BCUT2D eigenvalue weighted by Crippen LogP contribution is -2.30. The van der Waals surface area contributed by atoms with Crippen molar-refractivity contribution in [2.75, 3.05) is 0 Å². The number of ether oxygens (including phenoxy) is 1. The third-order valence-corrected chi connectivity index (χ3v) is 2.90. The van der Waals surface area contributed by atoms with Gasteiger partial charge in [0, 0.05) is 5.56 Å². The van der Waals surface area contributed by atoms with Gasteiger partial charge in [0.2, 0.25) is 0 Å². The second-order valence-electron chi connectivity index (χ2n) is 4.04. The molecule has 4 heteroatoms. The molecule has 1 amide bonds. The number of carbonyl (C=O) groups is 1. The summed E-state index contributed by atoms with van der Waals surface area (Å²) >= 11 is 0. The zero-order valence-corrected chi connectivity index (χ0v) is 9.14. The summed E-state index contributed by atoms with van der Waals surface area (Å²) < 4.78 is 5.48. The third-order valence-electron chi connectivity index (χ3n) is 2.90. The van der Waals surface area contributed by atoms with Gasteiger partial charge in [-0.05, 0) is 31.4 Å². The zero-order chi connectivity index (χ0) is 11.7. The molecule has 0 aromatic heterocycles. The van der Waals surface area contributed by atoms with Crippen LogP contribution in [0.2, 0.25) is 0 Å². The molecule has 1 aliphatic carbocycles. The van der Waals surface area contributed by atoms with Crippen LogP contribution in [0.3, 0.4) is 0 Å². The number of aliphatic hydroxyl groups excluding tert-OH is 1. The number of hydrogen-bond donors (Lipinski definition) is 2. The van der Waals surface area contributed by atoms with E-state index in [1.807, 2.05) is 12.1 Å². The van der Waals surface area contributed by atoms with Gasteiger partial charge in [-0.2, -0.15) is 0 Å². The molecule has 1 aliphatic rings. The summed E-state index contributed by atoms with van der Waals surface area (Å²) in [5.41, 5.74) is 7.03. The van der Waals surface area contributed by atoms with Crippen LogP contribution in [0.1, 0.15) is 30.6 Å². The van der Waals surface area contributed by atoms with Crippen LogP contribution in [0.25, 0.3) is 0 Å². The predicted molar refractivity (Wildman–Crippen MR) is 59.0 cm³/mol. The Hall–Kier alpha value is -1.55. The van der Waals surface area contributed by atoms with Gasteiger partial charge in [0.25, 0.3) is 5.91 Å². The first-order chi connectivity index (χ1) is 7.59. The number of primary amides is 1. The molecule has 0 heterocycles. The standard InChI is InChI=1S/C12H15NO3/c1-7(12(13)15)16-11-4-2-3-8-9(11)5-6-10(8)14/h2-4,7,10,14H,5-6H2,1H3,(H2,13,15). The molecule has 2 rings (SSSR count). The summed E-state index contributed by atoms with van der Waals surface area (Å²) in [7, 11) is 0. The number of carbonyl (C=O) groups excluding carboxylic acids is 1. The van der Waals surface area contributed by atoms with E-state index in [2.05, 4.69) is 0 Å². The van der Waals surface area contributed by atoms with Crippen molar-refractivity contribution in [2.45, 2.75) is 32.0 Å². The quantitative estimate of drug-likeness (QED) is 0.797. The number of hydrogen-bond acceptors (Lipinski definition) is 3. The number of nitrogens with two attached hydrogens (primary N) is 1. The molecule has 0 saturated carbocycles. The number of fused-ring (bicyclic) bond motifs is 1. The topological polar surface area (TPSA) is 72.6 Å². The number of benzene rings is 1. The minimum Gasteiger partial charge on any atom is -0.481 e. The van der Waals surface area contributed by atoms with Crippen LogP contribution in [0.4, 0.5) is 0 Å². The fourth-order valence-electron chi connectivity index (χ4n) is 1.96. The number of amides is 1. The zero-order valence-electron chi connectivity index (χ0n) is 9.14. The predicted octanol–water partition coefficient (Wildman–Crippen LogP) is 0.919. The van der Waals surface area contributed by atoms with Crippen LogP contribution in [0.5, 0.6) is 5.75 Å². The molecule has 86 valence electrons. The van der Waals surface area contributed by atoms with Gasteiger partial charge in [0.1, 0.15) is 5.75 Å². The van der Waals surface area contributed by atoms with Crippen LogP contribution in [0, 0.1) is 0 Å². The average molecular weight is 221 g/mol. The van der Waals surface area contributed by atoms with Gasteiger partial charge in [-0.3, -0.25) is 4.79 Å². The maximum absolute atomic E-state index is 10.9.